The van der Waals surface area contributed by atoms with Crippen molar-refractivity contribution in [2.24, 2.45) is 0 Å². The molecule has 0 aromatic heterocycles. The summed E-state index contributed by atoms with van der Waals surface area (Å²) in [7, 11) is -10.1. The molecule has 0 aromatic carbocycles. The smallest absolute Gasteiger partial charge is 0.461 e. The number of phosphoric ester groups is 2. The molecular weight excluding hydrogens is 1310 g/mol. The van der Waals surface area contributed by atoms with Gasteiger partial charge in [0, 0.05) is 12.8 Å². The molecule has 0 radical (unpaired) electrons. The van der Waals surface area contributed by atoms with Crippen molar-refractivity contribution in [3.8, 4) is 0 Å². The lowest BCUT2D eigenvalue weighted by Crippen LogP contribution is -2.30. The van der Waals surface area contributed by atoms with Gasteiger partial charge in [-0.15, -0.1) is 0 Å². The highest BCUT2D eigenvalue weighted by Gasteiger charge is 2.30. The monoisotopic (exact) mass is 1430 g/mol. The highest BCUT2D eigenvalue weighted by molar-refractivity contribution is 7.47. The first-order chi connectivity index (χ1) is 48.7. The van der Waals surface area contributed by atoms with Gasteiger partial charge >= 0.3 is 39.5 Å². The van der Waals surface area contributed by atoms with Crippen LogP contribution in [-0.2, 0) is 65.4 Å². The Morgan fingerprint density at radius 3 is 0.760 bits per heavy atom. The molecule has 4 atom stereocenters. The van der Waals surface area contributed by atoms with Crippen LogP contribution in [0.4, 0.5) is 0 Å². The standard InChI is InChI=1S/C81H122O17P2/c1-5-9-13-17-21-25-29-33-37-41-45-49-53-57-61-65-78(83)91-71-76(97-80(85)67-63-59-55-51-47-43-39-35-31-27-23-19-15-11-7-3)73-95-99(87,88)93-69-75(82)70-94-100(89,90)96-74-77(98-81(86)68-64-60-56-52-48-44-40-36-32-28-24-20-16-12-8-4)72-92-79(84)66-62-58-54-50-46-42-38-34-30-26-22-18-14-10-6-2/h9-16,21-28,33-40,45-52,57-58,61-62,75-77,82H,5-8,17-20,29-32,41-44,53-56,59-60,63-74H2,1-4H3,(H,87,88)(H,89,90)/b13-9-,14-10-,15-11-,16-12-,25-21-,26-22-,27-23-,28-24-,37-33-,38-34-,39-35-,40-36-,49-45-,50-46-,51-47-,52-48-,61-57-,62-58-. The van der Waals surface area contributed by atoms with Crippen LogP contribution in [0.1, 0.15) is 207 Å². The fourth-order valence-electron chi connectivity index (χ4n) is 8.17. The van der Waals surface area contributed by atoms with E-state index in [1.807, 2.05) is 48.6 Å². The molecule has 0 saturated heterocycles. The molecule has 3 N–H and O–H groups in total. The molecule has 0 aliphatic rings. The van der Waals surface area contributed by atoms with Crippen LogP contribution in [0.15, 0.2) is 219 Å². The molecular formula is C81H122O17P2. The molecule has 0 aliphatic heterocycles. The number of phosphoric acid groups is 2. The summed E-state index contributed by atoms with van der Waals surface area (Å²) in [5, 5.41) is 10.6. The zero-order valence-electron chi connectivity index (χ0n) is 60.5. The number of carbonyl (C=O) groups is 4. The van der Waals surface area contributed by atoms with Crippen molar-refractivity contribution in [3.05, 3.63) is 219 Å². The van der Waals surface area contributed by atoms with Crippen LogP contribution < -0.4 is 0 Å². The summed E-state index contributed by atoms with van der Waals surface area (Å²) in [5.74, 6) is -2.61. The minimum Gasteiger partial charge on any atom is -0.461 e. The number of allylic oxidation sites excluding steroid dienone is 34. The Morgan fingerprint density at radius 1 is 0.290 bits per heavy atom. The molecule has 19 heteroatoms. The Kier molecular flexibility index (Phi) is 66.1. The second kappa shape index (κ2) is 70.8. The Morgan fingerprint density at radius 2 is 0.510 bits per heavy atom. The van der Waals surface area contributed by atoms with Crippen molar-refractivity contribution >= 4 is 39.5 Å². The highest BCUT2D eigenvalue weighted by atomic mass is 31.2. The maximum Gasteiger partial charge on any atom is 0.472 e. The van der Waals surface area contributed by atoms with Crippen molar-refractivity contribution in [1.29, 1.82) is 0 Å². The van der Waals surface area contributed by atoms with E-state index in [0.29, 0.717) is 38.5 Å². The summed E-state index contributed by atoms with van der Waals surface area (Å²) >= 11 is 0. The van der Waals surface area contributed by atoms with E-state index in [0.717, 1.165) is 116 Å². The van der Waals surface area contributed by atoms with Gasteiger partial charge in [-0.1, -0.05) is 246 Å². The first-order valence-corrected chi connectivity index (χ1v) is 39.0. The van der Waals surface area contributed by atoms with E-state index in [9.17, 15) is 43.2 Å². The normalized spacial score (nSPS) is 15.2. The van der Waals surface area contributed by atoms with E-state index in [2.05, 4.69) is 186 Å². The summed E-state index contributed by atoms with van der Waals surface area (Å²) in [6.45, 7) is 4.00. The molecule has 100 heavy (non-hydrogen) atoms. The maximum absolute atomic E-state index is 13.0. The number of carbonyl (C=O) groups excluding carboxylic acids is 4. The van der Waals surface area contributed by atoms with Gasteiger partial charge in [-0.05, 0) is 154 Å². The summed E-state index contributed by atoms with van der Waals surface area (Å²) in [6, 6.07) is 0. The summed E-state index contributed by atoms with van der Waals surface area (Å²) in [4.78, 5) is 72.6. The summed E-state index contributed by atoms with van der Waals surface area (Å²) < 4.78 is 68.0. The topological polar surface area (TPSA) is 237 Å². The molecule has 0 rings (SSSR count). The molecule has 0 fully saturated rings. The second-order valence-electron chi connectivity index (χ2n) is 22.7. The average molecular weight is 1430 g/mol. The van der Waals surface area contributed by atoms with Gasteiger partial charge in [0.25, 0.3) is 0 Å². The number of rotatable bonds is 64. The van der Waals surface area contributed by atoms with Gasteiger partial charge in [0.15, 0.2) is 12.2 Å². The molecule has 0 aliphatic carbocycles. The summed E-state index contributed by atoms with van der Waals surface area (Å²) in [6.07, 6.45) is 88.8. The van der Waals surface area contributed by atoms with Crippen molar-refractivity contribution < 1.29 is 80.2 Å². The van der Waals surface area contributed by atoms with Crippen molar-refractivity contribution in [2.45, 2.75) is 226 Å². The van der Waals surface area contributed by atoms with Crippen LogP contribution in [0.5, 0.6) is 0 Å². The number of hydrogen-bond donors (Lipinski definition) is 3. The number of aliphatic hydroxyl groups is 1. The fourth-order valence-corrected chi connectivity index (χ4v) is 9.75. The molecule has 0 aromatic rings. The Bertz CT molecular complexity index is 2580. The third kappa shape index (κ3) is 69.8. The first kappa shape index (κ1) is 93.4. The van der Waals surface area contributed by atoms with E-state index in [-0.39, 0.29) is 25.7 Å². The number of aliphatic hydroxyl groups excluding tert-OH is 1. The van der Waals surface area contributed by atoms with Crippen LogP contribution in [0, 0.1) is 0 Å². The Hall–Kier alpha value is -6.62. The average Bonchev–Trinajstić information content (AvgIpc) is 1.01. The zero-order valence-corrected chi connectivity index (χ0v) is 62.3. The van der Waals surface area contributed by atoms with Gasteiger partial charge in [-0.2, -0.15) is 0 Å². The lowest BCUT2D eigenvalue weighted by Gasteiger charge is -2.21. The predicted molar refractivity (Wildman–Crippen MR) is 408 cm³/mol. The molecule has 0 bridgehead atoms. The zero-order chi connectivity index (χ0) is 73.2. The van der Waals surface area contributed by atoms with Crippen LogP contribution in [0.3, 0.4) is 0 Å². The SMILES string of the molecule is CC/C=C\C/C=C\C/C=C\C/C=C\C/C=C\CC(=O)OCC(COP(=O)(O)OCC(O)COP(=O)(O)OCC(COC(=O)C/C=C\C/C=C\C/C=C\C/C=C\C/C=C\CC)OC(=O)CCCC/C=C\C/C=C\C/C=C\C/C=C\CC)OC(=O)CCCC/C=C\C/C=C\C/C=C\C/C=C\CC. The maximum atomic E-state index is 13.0. The van der Waals surface area contributed by atoms with Gasteiger partial charge in [0.05, 0.1) is 39.3 Å². The predicted octanol–water partition coefficient (Wildman–Crippen LogP) is 20.5. The van der Waals surface area contributed by atoms with E-state index in [1.165, 1.54) is 0 Å². The van der Waals surface area contributed by atoms with Crippen molar-refractivity contribution in [1.82, 2.24) is 0 Å². The quantitative estimate of drug-likeness (QED) is 0.0169. The lowest BCUT2D eigenvalue weighted by atomic mass is 10.2. The second-order valence-corrected chi connectivity index (χ2v) is 25.6. The van der Waals surface area contributed by atoms with Gasteiger partial charge in [-0.25, -0.2) is 9.13 Å². The van der Waals surface area contributed by atoms with Gasteiger partial charge in [-0.3, -0.25) is 37.3 Å². The van der Waals surface area contributed by atoms with Crippen LogP contribution in [0.25, 0.3) is 0 Å². The molecule has 0 spiro atoms. The number of unbranched alkanes of at least 4 members (excludes halogenated alkanes) is 4. The van der Waals surface area contributed by atoms with Crippen molar-refractivity contribution in [3.63, 3.8) is 0 Å². The fraction of sp³-hybridized carbons (Fsp3) is 0.506. The minimum absolute atomic E-state index is 0.00973. The molecule has 558 valence electrons. The van der Waals surface area contributed by atoms with E-state index >= 15 is 0 Å². The van der Waals surface area contributed by atoms with E-state index in [4.69, 9.17) is 37.0 Å². The lowest BCUT2D eigenvalue weighted by molar-refractivity contribution is -0.161. The van der Waals surface area contributed by atoms with Gasteiger partial charge in [0.1, 0.15) is 19.3 Å². The van der Waals surface area contributed by atoms with Crippen molar-refractivity contribution in [2.75, 3.05) is 39.6 Å². The molecule has 0 heterocycles. The number of esters is 4. The van der Waals surface area contributed by atoms with E-state index in [1.54, 1.807) is 12.2 Å². The van der Waals surface area contributed by atoms with Gasteiger partial charge < -0.3 is 33.8 Å². The Balaban J connectivity index is 5.60. The molecule has 0 amide bonds. The third-order valence-corrected chi connectivity index (χ3v) is 15.4. The summed E-state index contributed by atoms with van der Waals surface area (Å²) in [5.41, 5.74) is 0. The molecule has 0 saturated carbocycles. The number of hydrogen-bond acceptors (Lipinski definition) is 15. The first-order valence-electron chi connectivity index (χ1n) is 36.0. The van der Waals surface area contributed by atoms with Crippen LogP contribution in [-0.4, -0.2) is 96.7 Å². The van der Waals surface area contributed by atoms with Crippen LogP contribution in [0.2, 0.25) is 0 Å². The Labute approximate surface area is 601 Å². The molecule has 17 nitrogen and oxygen atoms in total. The third-order valence-electron chi connectivity index (χ3n) is 13.5. The highest BCUT2D eigenvalue weighted by Crippen LogP contribution is 2.45. The van der Waals surface area contributed by atoms with Gasteiger partial charge in [0.2, 0.25) is 0 Å². The largest absolute Gasteiger partial charge is 0.472 e. The number of ether oxygens (including phenoxy) is 4. The van der Waals surface area contributed by atoms with E-state index < -0.39 is 97.5 Å². The minimum atomic E-state index is -5.03. The van der Waals surface area contributed by atoms with Crippen LogP contribution >= 0.6 is 15.6 Å². The molecule has 4 unspecified atom stereocenters.